The van der Waals surface area contributed by atoms with Crippen molar-refractivity contribution in [2.24, 2.45) is 0 Å². The molecular formula is C20H28N4OS. The van der Waals surface area contributed by atoms with Gasteiger partial charge in [0.05, 0.1) is 23.4 Å². The third kappa shape index (κ3) is 4.07. The van der Waals surface area contributed by atoms with Crippen molar-refractivity contribution in [2.45, 2.75) is 38.3 Å². The van der Waals surface area contributed by atoms with E-state index in [1.165, 1.54) is 32.4 Å². The Balaban J connectivity index is 1.47. The van der Waals surface area contributed by atoms with Gasteiger partial charge in [0.15, 0.2) is 0 Å². The average molecular weight is 373 g/mol. The highest BCUT2D eigenvalue weighted by Crippen LogP contribution is 2.20. The van der Waals surface area contributed by atoms with Crippen LogP contribution in [0, 0.1) is 0 Å². The standard InChI is InChI=1S/C20H28N4OS/c25-20(14-23-16-21-18-7-2-3-8-19(18)23)24-11-6-12-26-15-17(24)13-22-9-4-1-5-10-22/h2-3,7-8,16-17H,1,4-6,9-15H2. The van der Waals surface area contributed by atoms with Gasteiger partial charge in [0.2, 0.25) is 5.91 Å². The molecule has 26 heavy (non-hydrogen) atoms. The van der Waals surface area contributed by atoms with E-state index in [0.29, 0.717) is 12.6 Å². The highest BCUT2D eigenvalue weighted by molar-refractivity contribution is 7.99. The first-order valence-corrected chi connectivity index (χ1v) is 11.0. The fraction of sp³-hybridized carbons (Fsp3) is 0.600. The Morgan fingerprint density at radius 2 is 1.96 bits per heavy atom. The lowest BCUT2D eigenvalue weighted by Crippen LogP contribution is -2.49. The van der Waals surface area contributed by atoms with E-state index in [1.54, 1.807) is 6.33 Å². The molecular weight excluding hydrogens is 344 g/mol. The number of thioether (sulfide) groups is 1. The topological polar surface area (TPSA) is 41.4 Å². The molecule has 0 aliphatic carbocycles. The Bertz CT molecular complexity index is 740. The van der Waals surface area contributed by atoms with Gasteiger partial charge in [-0.05, 0) is 50.2 Å². The molecule has 2 aromatic rings. The van der Waals surface area contributed by atoms with E-state index in [0.717, 1.165) is 42.0 Å². The summed E-state index contributed by atoms with van der Waals surface area (Å²) in [6.45, 7) is 4.69. The Kier molecular flexibility index (Phi) is 5.80. The van der Waals surface area contributed by atoms with E-state index in [1.807, 2.05) is 40.6 Å². The van der Waals surface area contributed by atoms with Gasteiger partial charge in [-0.15, -0.1) is 0 Å². The minimum Gasteiger partial charge on any atom is -0.336 e. The Morgan fingerprint density at radius 1 is 1.12 bits per heavy atom. The predicted molar refractivity (Wildman–Crippen MR) is 107 cm³/mol. The lowest BCUT2D eigenvalue weighted by molar-refractivity contribution is -0.134. The molecule has 0 spiro atoms. The fourth-order valence-corrected chi connectivity index (χ4v) is 5.18. The van der Waals surface area contributed by atoms with Crippen LogP contribution in [0.4, 0.5) is 0 Å². The van der Waals surface area contributed by atoms with Crippen LogP contribution in [-0.4, -0.2) is 69.0 Å². The van der Waals surface area contributed by atoms with Crippen LogP contribution in [0.15, 0.2) is 30.6 Å². The molecule has 2 saturated heterocycles. The number of hydrogen-bond donors (Lipinski definition) is 0. The SMILES string of the molecule is O=C(Cn1cnc2ccccc21)N1CCCSCC1CN1CCCCC1. The highest BCUT2D eigenvalue weighted by atomic mass is 32.2. The van der Waals surface area contributed by atoms with Crippen LogP contribution >= 0.6 is 11.8 Å². The number of hydrogen-bond acceptors (Lipinski definition) is 4. The zero-order chi connectivity index (χ0) is 17.8. The van der Waals surface area contributed by atoms with Crippen molar-refractivity contribution in [1.82, 2.24) is 19.4 Å². The molecule has 0 radical (unpaired) electrons. The van der Waals surface area contributed by atoms with E-state index in [-0.39, 0.29) is 5.91 Å². The van der Waals surface area contributed by atoms with E-state index in [2.05, 4.69) is 14.8 Å². The second-order valence-electron chi connectivity index (χ2n) is 7.39. The van der Waals surface area contributed by atoms with Gasteiger partial charge in [0, 0.05) is 18.8 Å². The normalized spacial score (nSPS) is 22.5. The van der Waals surface area contributed by atoms with Crippen molar-refractivity contribution < 1.29 is 4.79 Å². The summed E-state index contributed by atoms with van der Waals surface area (Å²) < 4.78 is 1.99. The van der Waals surface area contributed by atoms with Gasteiger partial charge in [0.1, 0.15) is 6.54 Å². The molecule has 1 aromatic heterocycles. The summed E-state index contributed by atoms with van der Waals surface area (Å²) in [4.78, 5) is 22.3. The van der Waals surface area contributed by atoms with Gasteiger partial charge in [0.25, 0.3) is 0 Å². The number of carbonyl (C=O) groups excluding carboxylic acids is 1. The monoisotopic (exact) mass is 372 g/mol. The molecule has 5 nitrogen and oxygen atoms in total. The Labute approximate surface area is 159 Å². The Hall–Kier alpha value is -1.53. The third-order valence-electron chi connectivity index (χ3n) is 5.51. The fourth-order valence-electron chi connectivity index (χ4n) is 4.12. The van der Waals surface area contributed by atoms with Gasteiger partial charge in [-0.25, -0.2) is 4.98 Å². The maximum absolute atomic E-state index is 13.2. The van der Waals surface area contributed by atoms with E-state index >= 15 is 0 Å². The maximum atomic E-state index is 13.2. The average Bonchev–Trinajstić information content (AvgIpc) is 2.92. The number of para-hydroxylation sites is 2. The third-order valence-corrected chi connectivity index (χ3v) is 6.71. The summed E-state index contributed by atoms with van der Waals surface area (Å²) in [6.07, 6.45) is 6.85. The zero-order valence-electron chi connectivity index (χ0n) is 15.3. The number of aromatic nitrogens is 2. The molecule has 3 heterocycles. The maximum Gasteiger partial charge on any atom is 0.242 e. The van der Waals surface area contributed by atoms with Crippen molar-refractivity contribution in [2.75, 3.05) is 37.7 Å². The number of imidazole rings is 1. The minimum absolute atomic E-state index is 0.234. The lowest BCUT2D eigenvalue weighted by atomic mass is 10.1. The molecule has 1 unspecified atom stereocenters. The lowest BCUT2D eigenvalue weighted by Gasteiger charge is -2.36. The van der Waals surface area contributed by atoms with Crippen LogP contribution in [0.2, 0.25) is 0 Å². The quantitative estimate of drug-likeness (QED) is 0.828. The molecule has 1 amide bonds. The largest absolute Gasteiger partial charge is 0.336 e. The van der Waals surface area contributed by atoms with Crippen molar-refractivity contribution in [3.63, 3.8) is 0 Å². The number of amides is 1. The predicted octanol–water partition coefficient (Wildman–Crippen LogP) is 2.86. The van der Waals surface area contributed by atoms with Gasteiger partial charge in [-0.3, -0.25) is 4.79 Å². The van der Waals surface area contributed by atoms with Crippen LogP contribution in [0.3, 0.4) is 0 Å². The molecule has 2 aliphatic rings. The first-order valence-electron chi connectivity index (χ1n) is 9.81. The molecule has 1 atom stereocenters. The van der Waals surface area contributed by atoms with E-state index in [9.17, 15) is 4.79 Å². The van der Waals surface area contributed by atoms with Crippen LogP contribution in [0.1, 0.15) is 25.7 Å². The summed E-state index contributed by atoms with van der Waals surface area (Å²) in [7, 11) is 0. The molecule has 4 rings (SSSR count). The van der Waals surface area contributed by atoms with Gasteiger partial charge >= 0.3 is 0 Å². The molecule has 0 N–H and O–H groups in total. The van der Waals surface area contributed by atoms with Gasteiger partial charge < -0.3 is 14.4 Å². The number of nitrogens with zero attached hydrogens (tertiary/aromatic N) is 4. The van der Waals surface area contributed by atoms with Crippen LogP contribution < -0.4 is 0 Å². The Morgan fingerprint density at radius 3 is 2.85 bits per heavy atom. The number of rotatable bonds is 4. The van der Waals surface area contributed by atoms with Crippen molar-refractivity contribution in [3.8, 4) is 0 Å². The molecule has 0 saturated carbocycles. The molecule has 6 heteroatoms. The van der Waals surface area contributed by atoms with Crippen molar-refractivity contribution in [1.29, 1.82) is 0 Å². The van der Waals surface area contributed by atoms with E-state index in [4.69, 9.17) is 0 Å². The first kappa shape index (κ1) is 17.9. The molecule has 1 aromatic carbocycles. The second kappa shape index (κ2) is 8.44. The minimum atomic E-state index is 0.234. The summed E-state index contributed by atoms with van der Waals surface area (Å²) in [6, 6.07) is 8.37. The summed E-state index contributed by atoms with van der Waals surface area (Å²) in [5, 5.41) is 0. The van der Waals surface area contributed by atoms with Crippen LogP contribution in [0.25, 0.3) is 11.0 Å². The van der Waals surface area contributed by atoms with Crippen LogP contribution in [0.5, 0.6) is 0 Å². The second-order valence-corrected chi connectivity index (χ2v) is 8.54. The molecule has 140 valence electrons. The first-order chi connectivity index (χ1) is 12.8. The number of carbonyl (C=O) groups is 1. The summed E-state index contributed by atoms with van der Waals surface area (Å²) in [5.74, 6) is 2.46. The highest BCUT2D eigenvalue weighted by Gasteiger charge is 2.28. The van der Waals surface area contributed by atoms with Gasteiger partial charge in [-0.1, -0.05) is 18.6 Å². The number of fused-ring (bicyclic) bond motifs is 1. The smallest absolute Gasteiger partial charge is 0.242 e. The summed E-state index contributed by atoms with van der Waals surface area (Å²) in [5.41, 5.74) is 1.99. The van der Waals surface area contributed by atoms with Crippen molar-refractivity contribution >= 4 is 28.7 Å². The number of piperidine rings is 1. The number of likely N-dealkylation sites (tertiary alicyclic amines) is 1. The molecule has 2 fully saturated rings. The van der Waals surface area contributed by atoms with E-state index < -0.39 is 0 Å². The van der Waals surface area contributed by atoms with Crippen LogP contribution in [-0.2, 0) is 11.3 Å². The number of benzene rings is 1. The summed E-state index contributed by atoms with van der Waals surface area (Å²) >= 11 is 2.00. The molecule has 0 bridgehead atoms. The molecule has 2 aliphatic heterocycles. The van der Waals surface area contributed by atoms with Crippen molar-refractivity contribution in [3.05, 3.63) is 30.6 Å². The van der Waals surface area contributed by atoms with Gasteiger partial charge in [-0.2, -0.15) is 11.8 Å². The zero-order valence-corrected chi connectivity index (χ0v) is 16.2.